The van der Waals surface area contributed by atoms with Gasteiger partial charge in [-0.3, -0.25) is 11.6 Å². The van der Waals surface area contributed by atoms with E-state index < -0.39 is 10.1 Å². The molecule has 1 aromatic carbocycles. The summed E-state index contributed by atoms with van der Waals surface area (Å²) in [7, 11) is -4.33. The number of hydrogen-bond donors (Lipinski definition) is 2. The Hall–Kier alpha value is -1.54. The maximum Gasteiger partial charge on any atom is 0.314 e. The zero-order valence-corrected chi connectivity index (χ0v) is 16.1. The van der Waals surface area contributed by atoms with Crippen LogP contribution >= 0.6 is 23.2 Å². The number of anilines is 1. The molecule has 4 N–H and O–H groups in total. The molecule has 0 spiro atoms. The van der Waals surface area contributed by atoms with Crippen molar-refractivity contribution in [3.05, 3.63) is 50.6 Å². The predicted octanol–water partition coefficient (Wildman–Crippen LogP) is 2.40. The Bertz CT molecular complexity index is 835. The molecule has 0 aliphatic carbocycles. The van der Waals surface area contributed by atoms with E-state index in [2.05, 4.69) is 0 Å². The van der Waals surface area contributed by atoms with Gasteiger partial charge in [0, 0.05) is 6.92 Å². The Morgan fingerprint density at radius 1 is 1.00 bits per heavy atom. The normalized spacial score (nSPS) is 11.0. The molecule has 0 radical (unpaired) electrons. The molecule has 1 aromatic heterocycles. The zero-order chi connectivity index (χ0) is 18.8. The molecule has 0 atom stereocenters. The van der Waals surface area contributed by atoms with Gasteiger partial charge in [-0.25, -0.2) is 8.42 Å². The summed E-state index contributed by atoms with van der Waals surface area (Å²) in [5, 5.41) is 0.870. The first-order valence-corrected chi connectivity index (χ1v) is 8.97. The van der Waals surface area contributed by atoms with E-state index in [0.29, 0.717) is 32.7 Å². The van der Waals surface area contributed by atoms with Crippen molar-refractivity contribution < 1.29 is 17.6 Å². The van der Waals surface area contributed by atoms with Crippen molar-refractivity contribution in [1.29, 1.82) is 0 Å². The van der Waals surface area contributed by atoms with Crippen LogP contribution in [0.2, 0.25) is 10.0 Å². The van der Waals surface area contributed by atoms with Gasteiger partial charge in [0.1, 0.15) is 20.8 Å². The Labute approximate surface area is 151 Å². The van der Waals surface area contributed by atoms with Crippen LogP contribution in [0.3, 0.4) is 0 Å². The second-order valence-electron chi connectivity index (χ2n) is 5.36. The molecule has 0 unspecified atom stereocenters. The first-order chi connectivity index (χ1) is 10.9. The fourth-order valence-electron chi connectivity index (χ4n) is 2.26. The third-order valence-electron chi connectivity index (χ3n) is 3.32. The van der Waals surface area contributed by atoms with Crippen molar-refractivity contribution in [3.63, 3.8) is 0 Å². The minimum atomic E-state index is -4.33. The Morgan fingerprint density at radius 2 is 1.46 bits per heavy atom. The van der Waals surface area contributed by atoms with E-state index in [0.717, 1.165) is 5.56 Å². The first-order valence-electron chi connectivity index (χ1n) is 6.81. The van der Waals surface area contributed by atoms with E-state index in [-0.39, 0.29) is 4.90 Å². The molecular formula is C15H19Cl2N3O3S. The van der Waals surface area contributed by atoms with E-state index >= 15 is 0 Å². The molecule has 0 bridgehead atoms. The van der Waals surface area contributed by atoms with Crippen LogP contribution in [0, 0.1) is 27.7 Å². The van der Waals surface area contributed by atoms with Gasteiger partial charge in [0.25, 0.3) is 0 Å². The summed E-state index contributed by atoms with van der Waals surface area (Å²) in [6, 6.07) is 4.95. The summed E-state index contributed by atoms with van der Waals surface area (Å²) < 4.78 is 33.7. The third kappa shape index (κ3) is 4.73. The fourth-order valence-corrected chi connectivity index (χ4v) is 3.62. The molecule has 0 fully saturated rings. The van der Waals surface area contributed by atoms with Gasteiger partial charge < -0.3 is 4.55 Å². The summed E-state index contributed by atoms with van der Waals surface area (Å²) in [5.41, 5.74) is 8.19. The number of aryl methyl sites for hydroxylation is 3. The van der Waals surface area contributed by atoms with E-state index in [1.807, 2.05) is 6.92 Å². The number of nitrogens with zero attached hydrogens (tertiary/aromatic N) is 1. The van der Waals surface area contributed by atoms with Gasteiger partial charge in [0.15, 0.2) is 0 Å². The first kappa shape index (κ1) is 20.5. The van der Waals surface area contributed by atoms with E-state index in [9.17, 15) is 13.0 Å². The highest BCUT2D eigenvalue weighted by atomic mass is 35.5. The van der Waals surface area contributed by atoms with Crippen LogP contribution in [-0.4, -0.2) is 13.0 Å². The van der Waals surface area contributed by atoms with Crippen molar-refractivity contribution in [2.24, 2.45) is 0 Å². The molecule has 0 aliphatic rings. The standard InChI is InChI=1S/C9H12O3S.C6H7Cl2N3/c1-6-4-7(2)9(8(3)5-6)13(10,11)12;1-3-4(7)2-5(8)6(9)11(3)10/h4-5H,1-3H3,(H,10,11,12);2,9H,10H2,1H3. The minimum Gasteiger partial charge on any atom is -0.744 e. The number of rotatable bonds is 1. The molecular weight excluding hydrogens is 373 g/mol. The molecule has 0 saturated heterocycles. The highest BCUT2D eigenvalue weighted by Gasteiger charge is 2.13. The van der Waals surface area contributed by atoms with Crippen LogP contribution in [0.1, 0.15) is 22.4 Å². The maximum atomic E-state index is 10.8. The van der Waals surface area contributed by atoms with Gasteiger partial charge >= 0.3 is 5.82 Å². The van der Waals surface area contributed by atoms with Crippen LogP contribution in [0.15, 0.2) is 23.1 Å². The molecule has 9 heteroatoms. The molecule has 24 heavy (non-hydrogen) atoms. The smallest absolute Gasteiger partial charge is 0.314 e. The summed E-state index contributed by atoms with van der Waals surface area (Å²) in [4.78, 5) is -0.0851. The fraction of sp³-hybridized carbons (Fsp3) is 0.267. The highest BCUT2D eigenvalue weighted by Crippen LogP contribution is 2.21. The highest BCUT2D eigenvalue weighted by molar-refractivity contribution is 7.85. The third-order valence-corrected chi connectivity index (χ3v) is 5.15. The van der Waals surface area contributed by atoms with Gasteiger partial charge in [-0.05, 0) is 38.0 Å². The summed E-state index contributed by atoms with van der Waals surface area (Å²) in [6.07, 6.45) is 0. The summed E-state index contributed by atoms with van der Waals surface area (Å²) in [6.45, 7) is 6.88. The molecule has 2 rings (SSSR count). The van der Waals surface area contributed by atoms with E-state index in [1.165, 1.54) is 4.68 Å². The van der Waals surface area contributed by atoms with Gasteiger partial charge in [-0.1, -0.05) is 40.9 Å². The Kier molecular flexibility index (Phi) is 6.46. The molecule has 0 saturated carbocycles. The lowest BCUT2D eigenvalue weighted by Crippen LogP contribution is -2.50. The lowest BCUT2D eigenvalue weighted by molar-refractivity contribution is -0.630. The number of benzene rings is 1. The van der Waals surface area contributed by atoms with Crippen LogP contribution in [0.4, 0.5) is 5.82 Å². The predicted molar refractivity (Wildman–Crippen MR) is 94.6 cm³/mol. The van der Waals surface area contributed by atoms with Crippen LogP contribution < -0.4 is 16.3 Å². The topological polar surface area (TPSA) is 113 Å². The lowest BCUT2D eigenvalue weighted by Gasteiger charge is -2.14. The van der Waals surface area contributed by atoms with Crippen molar-refractivity contribution in [2.45, 2.75) is 32.6 Å². The maximum absolute atomic E-state index is 10.8. The van der Waals surface area contributed by atoms with Crippen molar-refractivity contribution >= 4 is 39.1 Å². The second-order valence-corrected chi connectivity index (χ2v) is 7.49. The molecule has 0 amide bonds. The van der Waals surface area contributed by atoms with Gasteiger partial charge in [0.05, 0.1) is 9.92 Å². The number of pyridine rings is 1. The number of aromatic nitrogens is 1. The van der Waals surface area contributed by atoms with Gasteiger partial charge in [0.2, 0.25) is 0 Å². The average molecular weight is 392 g/mol. The van der Waals surface area contributed by atoms with E-state index in [4.69, 9.17) is 34.8 Å². The Morgan fingerprint density at radius 3 is 1.88 bits per heavy atom. The lowest BCUT2D eigenvalue weighted by atomic mass is 10.1. The number of nitrogen functional groups attached to an aromatic ring is 2. The molecule has 6 nitrogen and oxygen atoms in total. The zero-order valence-electron chi connectivity index (χ0n) is 13.7. The van der Waals surface area contributed by atoms with Gasteiger partial charge in [-0.2, -0.15) is 0 Å². The average Bonchev–Trinajstić information content (AvgIpc) is 2.41. The quantitative estimate of drug-likeness (QED) is 0.440. The summed E-state index contributed by atoms with van der Waals surface area (Å²) >= 11 is 11.4. The number of nitrogens with two attached hydrogens (primary N) is 2. The second kappa shape index (κ2) is 7.57. The molecule has 2 aromatic rings. The largest absolute Gasteiger partial charge is 0.744 e. The minimum absolute atomic E-state index is 0.0851. The Balaban J connectivity index is 0.000000243. The number of hydrogen-bond acceptors (Lipinski definition) is 5. The van der Waals surface area contributed by atoms with Crippen LogP contribution in [0.25, 0.3) is 0 Å². The van der Waals surface area contributed by atoms with E-state index in [1.54, 1.807) is 39.0 Å². The van der Waals surface area contributed by atoms with Crippen LogP contribution in [0.5, 0.6) is 0 Å². The molecule has 1 heterocycles. The van der Waals surface area contributed by atoms with Crippen LogP contribution in [-0.2, 0) is 10.1 Å². The SMILES string of the molecule is Cc1c(Cl)cc(Cl)c(N)[n+]1N.Cc1cc(C)c(S(=O)(=O)[O-])c(C)c1. The van der Waals surface area contributed by atoms with Gasteiger partial charge in [-0.15, -0.1) is 4.68 Å². The molecule has 132 valence electrons. The van der Waals surface area contributed by atoms with Crippen molar-refractivity contribution in [1.82, 2.24) is 0 Å². The summed E-state index contributed by atoms with van der Waals surface area (Å²) in [5.74, 6) is 5.82. The molecule has 0 aliphatic heterocycles. The monoisotopic (exact) mass is 391 g/mol. The van der Waals surface area contributed by atoms with Crippen molar-refractivity contribution in [3.8, 4) is 0 Å². The number of halogens is 2. The van der Waals surface area contributed by atoms with Crippen molar-refractivity contribution in [2.75, 3.05) is 11.6 Å².